The maximum absolute atomic E-state index is 10.4. The number of nitrogens with zero attached hydrogens (tertiary/aromatic N) is 1. The monoisotopic (exact) mass is 444 g/mol. The smallest absolute Gasteiger partial charge is 0.161 e. The van der Waals surface area contributed by atoms with Gasteiger partial charge in [0.25, 0.3) is 0 Å². The van der Waals surface area contributed by atoms with Crippen molar-refractivity contribution in [1.82, 2.24) is 10.2 Å². The lowest BCUT2D eigenvalue weighted by atomic mass is 9.53. The van der Waals surface area contributed by atoms with Gasteiger partial charge in [-0.25, -0.2) is 0 Å². The Hall–Kier alpha value is -1.34. The van der Waals surface area contributed by atoms with Gasteiger partial charge >= 0.3 is 0 Å². The molecule has 5 fully saturated rings. The second-order valence-electron chi connectivity index (χ2n) is 11.0. The summed E-state index contributed by atoms with van der Waals surface area (Å²) in [6.45, 7) is 3.33. The van der Waals surface area contributed by atoms with Gasteiger partial charge < -0.3 is 29.9 Å². The van der Waals surface area contributed by atoms with Crippen molar-refractivity contribution in [1.29, 1.82) is 0 Å². The molecule has 0 aromatic heterocycles. The van der Waals surface area contributed by atoms with E-state index in [1.807, 2.05) is 6.07 Å². The zero-order valence-electron chi connectivity index (χ0n) is 19.5. The molecule has 1 unspecified atom stereocenters. The van der Waals surface area contributed by atoms with Gasteiger partial charge in [0.05, 0.1) is 13.2 Å². The molecule has 3 N–H and O–H groups in total. The lowest BCUT2D eigenvalue weighted by Crippen LogP contribution is -2.58. The van der Waals surface area contributed by atoms with E-state index >= 15 is 0 Å². The van der Waals surface area contributed by atoms with E-state index in [2.05, 4.69) is 22.3 Å². The number of benzene rings is 1. The van der Waals surface area contributed by atoms with Gasteiger partial charge in [0.1, 0.15) is 12.7 Å². The van der Waals surface area contributed by atoms with Gasteiger partial charge in [-0.15, -0.1) is 0 Å². The van der Waals surface area contributed by atoms with Gasteiger partial charge in [-0.1, -0.05) is 6.07 Å². The van der Waals surface area contributed by atoms with Gasteiger partial charge in [0.2, 0.25) is 0 Å². The molecule has 4 aliphatic carbocycles. The topological polar surface area (TPSA) is 74.2 Å². The first-order chi connectivity index (χ1) is 15.5. The highest BCUT2D eigenvalue weighted by Gasteiger charge is 2.50. The average Bonchev–Trinajstić information content (AvgIpc) is 2.77. The van der Waals surface area contributed by atoms with Crippen LogP contribution in [0.15, 0.2) is 18.2 Å². The van der Waals surface area contributed by atoms with Crippen LogP contribution in [0.5, 0.6) is 11.5 Å². The summed E-state index contributed by atoms with van der Waals surface area (Å²) in [5, 5.41) is 24.0. The number of β-amino-alcohol motifs (C(OH)–C–C–N with tert-alkyl or cyclic N) is 1. The molecular formula is C26H40N2O4. The van der Waals surface area contributed by atoms with Crippen molar-refractivity contribution < 1.29 is 19.7 Å². The molecular weight excluding hydrogens is 404 g/mol. The molecule has 4 saturated carbocycles. The molecule has 6 nitrogen and oxygen atoms in total. The van der Waals surface area contributed by atoms with E-state index in [4.69, 9.17) is 9.47 Å². The third-order valence-electron chi connectivity index (χ3n) is 8.39. The Kier molecular flexibility index (Phi) is 6.66. The number of hydrogen-bond donors (Lipinski definition) is 3. The number of nitrogens with one attached hydrogen (secondary N) is 1. The van der Waals surface area contributed by atoms with Gasteiger partial charge in [0.15, 0.2) is 11.5 Å². The van der Waals surface area contributed by atoms with Crippen LogP contribution >= 0.6 is 0 Å². The summed E-state index contributed by atoms with van der Waals surface area (Å²) in [6, 6.07) is 6.16. The highest BCUT2D eigenvalue weighted by Crippen LogP contribution is 2.55. The van der Waals surface area contributed by atoms with Crippen LogP contribution in [-0.4, -0.2) is 66.2 Å². The maximum atomic E-state index is 10.4. The number of piperidine rings is 1. The van der Waals surface area contributed by atoms with Gasteiger partial charge in [0, 0.05) is 31.7 Å². The SMILES string of the molecule is COc1cc(CNC23CC4CC(CC(C4)C2)C3)ccc1OCC(O)CN1CCC(O)CC1. The van der Waals surface area contributed by atoms with Crippen molar-refractivity contribution in [3.05, 3.63) is 23.8 Å². The van der Waals surface area contributed by atoms with Crippen LogP contribution in [0.25, 0.3) is 0 Å². The number of likely N-dealkylation sites (tertiary alicyclic amines) is 1. The summed E-state index contributed by atoms with van der Waals surface area (Å²) in [6.07, 6.45) is 9.25. The average molecular weight is 445 g/mol. The number of hydrogen-bond acceptors (Lipinski definition) is 6. The molecule has 1 aliphatic heterocycles. The molecule has 178 valence electrons. The van der Waals surface area contributed by atoms with Crippen LogP contribution in [0, 0.1) is 17.8 Å². The van der Waals surface area contributed by atoms with Crippen LogP contribution in [0.1, 0.15) is 56.9 Å². The first-order valence-electron chi connectivity index (χ1n) is 12.6. The fourth-order valence-corrected chi connectivity index (χ4v) is 7.20. The Morgan fingerprint density at radius 1 is 1.06 bits per heavy atom. The van der Waals surface area contributed by atoms with E-state index < -0.39 is 6.10 Å². The van der Waals surface area contributed by atoms with E-state index in [0.717, 1.165) is 56.0 Å². The van der Waals surface area contributed by atoms with Crippen molar-refractivity contribution in [2.45, 2.75) is 75.7 Å². The third kappa shape index (κ3) is 5.09. The van der Waals surface area contributed by atoms with Crippen molar-refractivity contribution in [2.75, 3.05) is 33.4 Å². The van der Waals surface area contributed by atoms with Crippen LogP contribution in [0.3, 0.4) is 0 Å². The number of aliphatic hydroxyl groups is 2. The summed E-state index contributed by atoms with van der Waals surface area (Å²) in [4.78, 5) is 2.19. The number of aliphatic hydroxyl groups excluding tert-OH is 2. The molecule has 1 aromatic carbocycles. The van der Waals surface area contributed by atoms with Gasteiger partial charge in [-0.3, -0.25) is 0 Å². The Morgan fingerprint density at radius 3 is 2.34 bits per heavy atom. The van der Waals surface area contributed by atoms with Crippen molar-refractivity contribution in [3.8, 4) is 11.5 Å². The Labute approximate surface area is 192 Å². The largest absolute Gasteiger partial charge is 0.493 e. The van der Waals surface area contributed by atoms with Gasteiger partial charge in [-0.05, 0) is 86.8 Å². The second kappa shape index (κ2) is 9.49. The highest BCUT2D eigenvalue weighted by atomic mass is 16.5. The highest BCUT2D eigenvalue weighted by molar-refractivity contribution is 5.43. The molecule has 4 bridgehead atoms. The normalized spacial score (nSPS) is 33.4. The summed E-state index contributed by atoms with van der Waals surface area (Å²) in [5.74, 6) is 4.24. The molecule has 1 aromatic rings. The predicted molar refractivity (Wildman–Crippen MR) is 124 cm³/mol. The predicted octanol–water partition coefficient (Wildman–Crippen LogP) is 2.95. The quantitative estimate of drug-likeness (QED) is 0.544. The minimum absolute atomic E-state index is 0.195. The minimum atomic E-state index is -0.563. The zero-order chi connectivity index (χ0) is 22.1. The maximum Gasteiger partial charge on any atom is 0.161 e. The van der Waals surface area contributed by atoms with Crippen molar-refractivity contribution >= 4 is 0 Å². The first-order valence-corrected chi connectivity index (χ1v) is 12.6. The van der Waals surface area contributed by atoms with E-state index in [-0.39, 0.29) is 12.7 Å². The Bertz CT molecular complexity index is 742. The lowest BCUT2D eigenvalue weighted by molar-refractivity contribution is -0.0206. The van der Waals surface area contributed by atoms with E-state index in [9.17, 15) is 10.2 Å². The molecule has 5 aliphatic rings. The first kappa shape index (κ1) is 22.5. The van der Waals surface area contributed by atoms with Crippen LogP contribution in [0.4, 0.5) is 0 Å². The number of methoxy groups -OCH3 is 1. The summed E-state index contributed by atoms with van der Waals surface area (Å²) < 4.78 is 11.5. The minimum Gasteiger partial charge on any atom is -0.493 e. The molecule has 6 rings (SSSR count). The summed E-state index contributed by atoms with van der Waals surface area (Å²) in [5.41, 5.74) is 1.57. The molecule has 0 radical (unpaired) electrons. The molecule has 1 saturated heterocycles. The fourth-order valence-electron chi connectivity index (χ4n) is 7.20. The Balaban J connectivity index is 1.13. The molecule has 1 heterocycles. The van der Waals surface area contributed by atoms with E-state index in [1.165, 1.54) is 44.1 Å². The van der Waals surface area contributed by atoms with Crippen molar-refractivity contribution in [3.63, 3.8) is 0 Å². The molecule has 0 spiro atoms. The summed E-state index contributed by atoms with van der Waals surface area (Å²) in [7, 11) is 1.67. The van der Waals surface area contributed by atoms with Gasteiger partial charge in [-0.2, -0.15) is 0 Å². The van der Waals surface area contributed by atoms with E-state index in [0.29, 0.717) is 17.8 Å². The molecule has 6 heteroatoms. The van der Waals surface area contributed by atoms with Crippen LogP contribution < -0.4 is 14.8 Å². The third-order valence-corrected chi connectivity index (χ3v) is 8.39. The van der Waals surface area contributed by atoms with Crippen molar-refractivity contribution in [2.24, 2.45) is 17.8 Å². The fraction of sp³-hybridized carbons (Fsp3) is 0.769. The van der Waals surface area contributed by atoms with E-state index in [1.54, 1.807) is 7.11 Å². The number of rotatable bonds is 9. The number of ether oxygens (including phenoxy) is 2. The van der Waals surface area contributed by atoms with Crippen LogP contribution in [0.2, 0.25) is 0 Å². The summed E-state index contributed by atoms with van der Waals surface area (Å²) >= 11 is 0. The second-order valence-corrected chi connectivity index (χ2v) is 11.0. The molecule has 1 atom stereocenters. The molecule has 32 heavy (non-hydrogen) atoms. The lowest BCUT2D eigenvalue weighted by Gasteiger charge is -2.57. The Morgan fingerprint density at radius 2 is 1.72 bits per heavy atom. The standard InChI is InChI=1S/C26H40N2O4/c1-31-25-11-18(15-27-26-12-19-8-20(13-26)10-21(9-19)14-26)2-3-24(25)32-17-23(30)16-28-6-4-22(29)5-7-28/h2-3,11,19-23,27,29-30H,4-10,12-17H2,1H3. The van der Waals surface area contributed by atoms with Crippen LogP contribution in [-0.2, 0) is 6.54 Å². The molecule has 0 amide bonds. The zero-order valence-corrected chi connectivity index (χ0v) is 19.5.